The van der Waals surface area contributed by atoms with Crippen LogP contribution in [0.5, 0.6) is 5.75 Å². The van der Waals surface area contributed by atoms with E-state index in [0.29, 0.717) is 5.56 Å². The van der Waals surface area contributed by atoms with Crippen LogP contribution in [-0.4, -0.2) is 39.3 Å². The SMILES string of the molecule is CC1CC2(NC(=O)c3cnn(C)c3)CCC1(NC(=O)COc1ccc(Cl)c(F)c1)CC2. The van der Waals surface area contributed by atoms with Crippen molar-refractivity contribution in [2.24, 2.45) is 13.0 Å². The van der Waals surface area contributed by atoms with Gasteiger partial charge >= 0.3 is 0 Å². The summed E-state index contributed by atoms with van der Waals surface area (Å²) in [5.74, 6) is -0.484. The minimum absolute atomic E-state index is 0.00743. The van der Waals surface area contributed by atoms with Crippen molar-refractivity contribution in [3.05, 3.63) is 47.0 Å². The van der Waals surface area contributed by atoms with Crippen molar-refractivity contribution in [3.63, 3.8) is 0 Å². The molecule has 0 saturated heterocycles. The zero-order chi connectivity index (χ0) is 22.2. The Morgan fingerprint density at radius 2 is 2.03 bits per heavy atom. The van der Waals surface area contributed by atoms with Crippen LogP contribution in [0.1, 0.15) is 49.4 Å². The predicted octanol–water partition coefficient (Wildman–Crippen LogP) is 3.23. The molecular weight excluding hydrogens is 423 g/mol. The van der Waals surface area contributed by atoms with Crippen molar-refractivity contribution in [2.75, 3.05) is 6.61 Å². The Balaban J connectivity index is 1.34. The number of hydrogen-bond acceptors (Lipinski definition) is 4. The van der Waals surface area contributed by atoms with E-state index in [9.17, 15) is 14.0 Å². The third-order valence-electron chi connectivity index (χ3n) is 6.73. The third kappa shape index (κ3) is 4.39. The van der Waals surface area contributed by atoms with Gasteiger partial charge in [-0.2, -0.15) is 5.10 Å². The number of rotatable bonds is 6. The summed E-state index contributed by atoms with van der Waals surface area (Å²) in [4.78, 5) is 25.2. The Labute approximate surface area is 185 Å². The Kier molecular flexibility index (Phi) is 5.68. The van der Waals surface area contributed by atoms with Crippen LogP contribution < -0.4 is 15.4 Å². The molecule has 166 valence electrons. The minimum Gasteiger partial charge on any atom is -0.484 e. The first-order valence-corrected chi connectivity index (χ1v) is 10.8. The van der Waals surface area contributed by atoms with Gasteiger partial charge in [0.05, 0.1) is 16.8 Å². The highest BCUT2D eigenvalue weighted by molar-refractivity contribution is 6.30. The summed E-state index contributed by atoms with van der Waals surface area (Å²) in [6.45, 7) is 1.91. The van der Waals surface area contributed by atoms with Gasteiger partial charge in [-0.05, 0) is 50.2 Å². The smallest absolute Gasteiger partial charge is 0.258 e. The average Bonchev–Trinajstić information content (AvgIpc) is 3.17. The second-order valence-electron chi connectivity index (χ2n) is 8.81. The summed E-state index contributed by atoms with van der Waals surface area (Å²) in [5.41, 5.74) is -0.0150. The fourth-order valence-electron chi connectivity index (χ4n) is 4.96. The molecule has 7 nitrogen and oxygen atoms in total. The molecule has 3 saturated carbocycles. The number of carbonyl (C=O) groups is 2. The lowest BCUT2D eigenvalue weighted by Crippen LogP contribution is -2.67. The van der Waals surface area contributed by atoms with E-state index in [-0.39, 0.29) is 46.2 Å². The normalized spacial score (nSPS) is 27.0. The molecule has 1 aromatic carbocycles. The number of benzene rings is 1. The van der Waals surface area contributed by atoms with Crippen LogP contribution in [0, 0.1) is 11.7 Å². The van der Waals surface area contributed by atoms with Crippen LogP contribution in [0.3, 0.4) is 0 Å². The van der Waals surface area contributed by atoms with Crippen molar-refractivity contribution >= 4 is 23.4 Å². The van der Waals surface area contributed by atoms with E-state index in [1.54, 1.807) is 24.1 Å². The molecule has 0 spiro atoms. The standard InChI is InChI=1S/C22H26ClFN4O3/c1-14-10-21(27-20(30)15-11-25-28(2)12-15)5-7-22(14,8-6-21)26-19(29)13-31-16-3-4-17(23)18(24)9-16/h3-4,9,11-12,14H,5-8,10,13H2,1-2H3,(H,26,29)(H,27,30). The molecule has 3 fully saturated rings. The number of halogens is 2. The Morgan fingerprint density at radius 3 is 2.65 bits per heavy atom. The third-order valence-corrected chi connectivity index (χ3v) is 7.04. The van der Waals surface area contributed by atoms with Gasteiger partial charge < -0.3 is 15.4 Å². The van der Waals surface area contributed by atoms with Crippen molar-refractivity contribution < 1.29 is 18.7 Å². The molecule has 1 aromatic heterocycles. The molecule has 1 unspecified atom stereocenters. The Hall–Kier alpha value is -2.61. The molecular formula is C22H26ClFN4O3. The number of hydrogen-bond donors (Lipinski definition) is 2. The lowest BCUT2D eigenvalue weighted by atomic mass is 9.56. The van der Waals surface area contributed by atoms with Gasteiger partial charge in [0.25, 0.3) is 11.8 Å². The Morgan fingerprint density at radius 1 is 1.29 bits per heavy atom. The van der Waals surface area contributed by atoms with Gasteiger partial charge in [0.15, 0.2) is 6.61 Å². The molecule has 3 aliphatic rings. The topological polar surface area (TPSA) is 85.3 Å². The fourth-order valence-corrected chi connectivity index (χ4v) is 5.08. The van der Waals surface area contributed by atoms with E-state index in [0.717, 1.165) is 38.2 Å². The van der Waals surface area contributed by atoms with Crippen molar-refractivity contribution in [3.8, 4) is 5.75 Å². The zero-order valence-corrected chi connectivity index (χ0v) is 18.3. The van der Waals surface area contributed by atoms with Crippen molar-refractivity contribution in [2.45, 2.75) is 50.1 Å². The second kappa shape index (κ2) is 8.15. The Bertz CT molecular complexity index is 1000. The molecule has 2 amide bonds. The molecule has 0 aliphatic heterocycles. The van der Waals surface area contributed by atoms with Crippen LogP contribution in [0.15, 0.2) is 30.6 Å². The minimum atomic E-state index is -0.587. The maximum Gasteiger partial charge on any atom is 0.258 e. The monoisotopic (exact) mass is 448 g/mol. The highest BCUT2D eigenvalue weighted by Gasteiger charge is 2.54. The van der Waals surface area contributed by atoms with Crippen LogP contribution in [0.25, 0.3) is 0 Å². The van der Waals surface area contributed by atoms with E-state index in [2.05, 4.69) is 22.7 Å². The maximum atomic E-state index is 13.5. The molecule has 31 heavy (non-hydrogen) atoms. The van der Waals surface area contributed by atoms with E-state index in [4.69, 9.17) is 16.3 Å². The van der Waals surface area contributed by atoms with Crippen molar-refractivity contribution in [1.29, 1.82) is 0 Å². The van der Waals surface area contributed by atoms with Gasteiger partial charge in [0.2, 0.25) is 0 Å². The van der Waals surface area contributed by atoms with Crippen LogP contribution >= 0.6 is 11.6 Å². The maximum absolute atomic E-state index is 13.5. The number of aromatic nitrogens is 2. The van der Waals surface area contributed by atoms with E-state index in [1.807, 2.05) is 0 Å². The number of nitrogens with one attached hydrogen (secondary N) is 2. The number of aryl methyl sites for hydroxylation is 1. The van der Waals surface area contributed by atoms with Crippen LogP contribution in [-0.2, 0) is 11.8 Å². The van der Waals surface area contributed by atoms with Crippen LogP contribution in [0.2, 0.25) is 5.02 Å². The van der Waals surface area contributed by atoms with Gasteiger partial charge in [-0.1, -0.05) is 18.5 Å². The van der Waals surface area contributed by atoms with Crippen molar-refractivity contribution in [1.82, 2.24) is 20.4 Å². The largest absolute Gasteiger partial charge is 0.484 e. The van der Waals surface area contributed by atoms with Crippen LogP contribution in [0.4, 0.5) is 4.39 Å². The summed E-state index contributed by atoms with van der Waals surface area (Å²) in [7, 11) is 1.78. The predicted molar refractivity (Wildman–Crippen MR) is 113 cm³/mol. The molecule has 2 bridgehead atoms. The molecule has 1 heterocycles. The number of fused-ring (bicyclic) bond motifs is 3. The molecule has 1 atom stereocenters. The first kappa shape index (κ1) is 21.6. The highest BCUT2D eigenvalue weighted by Crippen LogP contribution is 2.50. The molecule has 2 N–H and O–H groups in total. The quantitative estimate of drug-likeness (QED) is 0.710. The first-order chi connectivity index (χ1) is 14.7. The van der Waals surface area contributed by atoms with E-state index >= 15 is 0 Å². The summed E-state index contributed by atoms with van der Waals surface area (Å²) in [6.07, 6.45) is 7.23. The zero-order valence-electron chi connectivity index (χ0n) is 17.6. The van der Waals surface area contributed by atoms with E-state index in [1.165, 1.54) is 12.1 Å². The van der Waals surface area contributed by atoms with Gasteiger partial charge in [-0.25, -0.2) is 4.39 Å². The van der Waals surface area contributed by atoms with Gasteiger partial charge in [-0.15, -0.1) is 0 Å². The van der Waals surface area contributed by atoms with Gasteiger partial charge in [0.1, 0.15) is 11.6 Å². The second-order valence-corrected chi connectivity index (χ2v) is 9.22. The first-order valence-electron chi connectivity index (χ1n) is 10.4. The fraction of sp³-hybridized carbons (Fsp3) is 0.500. The number of nitrogens with zero attached hydrogens (tertiary/aromatic N) is 2. The number of carbonyl (C=O) groups excluding carboxylic acids is 2. The molecule has 0 radical (unpaired) electrons. The highest BCUT2D eigenvalue weighted by atomic mass is 35.5. The van der Waals surface area contributed by atoms with E-state index < -0.39 is 5.82 Å². The lowest BCUT2D eigenvalue weighted by Gasteiger charge is -2.57. The summed E-state index contributed by atoms with van der Waals surface area (Å²) < 4.78 is 20.6. The van der Waals surface area contributed by atoms with Gasteiger partial charge in [-0.3, -0.25) is 14.3 Å². The van der Waals surface area contributed by atoms with Gasteiger partial charge in [0, 0.05) is 30.4 Å². The summed E-state index contributed by atoms with van der Waals surface area (Å²) in [6, 6.07) is 4.09. The molecule has 5 rings (SSSR count). The summed E-state index contributed by atoms with van der Waals surface area (Å²) in [5, 5.41) is 10.5. The summed E-state index contributed by atoms with van der Waals surface area (Å²) >= 11 is 5.67. The molecule has 3 aliphatic carbocycles. The molecule has 9 heteroatoms. The number of ether oxygens (including phenoxy) is 1. The number of amides is 2. The molecule has 2 aromatic rings. The lowest BCUT2D eigenvalue weighted by molar-refractivity contribution is -0.128. The average molecular weight is 449 g/mol.